The normalized spacial score (nSPS) is 11.3. The fourth-order valence-electron chi connectivity index (χ4n) is 1.61. The Kier molecular flexibility index (Phi) is 4.45. The van der Waals surface area contributed by atoms with E-state index in [1.165, 1.54) is 20.1 Å². The Morgan fingerprint density at radius 2 is 2.00 bits per heavy atom. The van der Waals surface area contributed by atoms with Crippen LogP contribution in [0.5, 0.6) is 0 Å². The van der Waals surface area contributed by atoms with E-state index in [0.717, 1.165) is 6.07 Å². The lowest BCUT2D eigenvalue weighted by Crippen LogP contribution is -2.12. The Bertz CT molecular complexity index is 564. The van der Waals surface area contributed by atoms with Crippen LogP contribution in [-0.2, 0) is 14.6 Å². The van der Waals surface area contributed by atoms with Gasteiger partial charge in [0, 0.05) is 5.56 Å². The zero-order valence-electron chi connectivity index (χ0n) is 10.5. The molecule has 1 rings (SSSR count). The highest BCUT2D eigenvalue weighted by Gasteiger charge is 2.23. The van der Waals surface area contributed by atoms with Crippen LogP contribution in [0.2, 0.25) is 0 Å². The quantitative estimate of drug-likeness (QED) is 0.789. The smallest absolute Gasteiger partial charge is 0.338 e. The van der Waals surface area contributed by atoms with E-state index in [1.54, 1.807) is 6.92 Å². The molecule has 0 unspecified atom stereocenters. The molecule has 100 valence electrons. The number of ether oxygens (including phenoxy) is 1. The molecule has 1 aromatic carbocycles. The van der Waals surface area contributed by atoms with Crippen molar-refractivity contribution < 1.29 is 22.3 Å². The van der Waals surface area contributed by atoms with Crippen LogP contribution in [-0.4, -0.2) is 27.2 Å². The molecule has 1 aromatic rings. The highest BCUT2D eigenvalue weighted by atomic mass is 32.2. The van der Waals surface area contributed by atoms with Crippen molar-refractivity contribution in [1.29, 1.82) is 0 Å². The van der Waals surface area contributed by atoms with E-state index >= 15 is 0 Å². The van der Waals surface area contributed by atoms with Crippen LogP contribution in [0.1, 0.15) is 29.3 Å². The van der Waals surface area contributed by atoms with Crippen LogP contribution in [0.25, 0.3) is 0 Å². The first-order chi connectivity index (χ1) is 8.35. The average molecular weight is 274 g/mol. The minimum absolute atomic E-state index is 0.0148. The Balaban J connectivity index is 3.37. The molecular weight excluding hydrogens is 259 g/mol. The fraction of sp³-hybridized carbons (Fsp3) is 0.417. The summed E-state index contributed by atoms with van der Waals surface area (Å²) in [6.45, 7) is 3.05. The van der Waals surface area contributed by atoms with Gasteiger partial charge in [-0.3, -0.25) is 0 Å². The third-order valence-corrected chi connectivity index (χ3v) is 4.50. The Morgan fingerprint density at radius 1 is 1.39 bits per heavy atom. The number of benzene rings is 1. The highest BCUT2D eigenvalue weighted by Crippen LogP contribution is 2.23. The van der Waals surface area contributed by atoms with Gasteiger partial charge in [0.15, 0.2) is 9.84 Å². The van der Waals surface area contributed by atoms with Gasteiger partial charge in [0.05, 0.1) is 18.4 Å². The summed E-state index contributed by atoms with van der Waals surface area (Å²) in [6, 6.07) is 2.38. The van der Waals surface area contributed by atoms with Gasteiger partial charge in [-0.25, -0.2) is 17.6 Å². The number of carbonyl (C=O) groups excluding carboxylic acids is 1. The highest BCUT2D eigenvalue weighted by molar-refractivity contribution is 7.91. The first-order valence-electron chi connectivity index (χ1n) is 5.45. The van der Waals surface area contributed by atoms with Gasteiger partial charge in [0.1, 0.15) is 10.7 Å². The molecule has 4 nitrogen and oxygen atoms in total. The summed E-state index contributed by atoms with van der Waals surface area (Å²) < 4.78 is 42.1. The maximum atomic E-state index is 14.0. The van der Waals surface area contributed by atoms with Gasteiger partial charge in [-0.15, -0.1) is 0 Å². The van der Waals surface area contributed by atoms with Crippen LogP contribution >= 0.6 is 0 Å². The fourth-order valence-corrected chi connectivity index (χ4v) is 3.07. The number of methoxy groups -OCH3 is 1. The van der Waals surface area contributed by atoms with Crippen molar-refractivity contribution in [3.05, 3.63) is 29.1 Å². The van der Waals surface area contributed by atoms with E-state index in [0.29, 0.717) is 6.42 Å². The van der Waals surface area contributed by atoms with Gasteiger partial charge in [0.2, 0.25) is 0 Å². The molecule has 0 atom stereocenters. The summed E-state index contributed by atoms with van der Waals surface area (Å²) in [5, 5.41) is 0. The van der Waals surface area contributed by atoms with E-state index in [9.17, 15) is 17.6 Å². The summed E-state index contributed by atoms with van der Waals surface area (Å²) >= 11 is 0. The van der Waals surface area contributed by atoms with Crippen LogP contribution in [0, 0.1) is 12.7 Å². The van der Waals surface area contributed by atoms with Crippen molar-refractivity contribution in [2.24, 2.45) is 0 Å². The maximum Gasteiger partial charge on any atom is 0.338 e. The lowest BCUT2D eigenvalue weighted by Gasteiger charge is -2.09. The summed E-state index contributed by atoms with van der Waals surface area (Å²) in [6.07, 6.45) is 0.402. The average Bonchev–Trinajstić information content (AvgIpc) is 2.31. The van der Waals surface area contributed by atoms with Crippen molar-refractivity contribution in [3.63, 3.8) is 0 Å². The van der Waals surface area contributed by atoms with Crippen molar-refractivity contribution in [3.8, 4) is 0 Å². The van der Waals surface area contributed by atoms with Gasteiger partial charge in [0.25, 0.3) is 0 Å². The Morgan fingerprint density at radius 3 is 2.50 bits per heavy atom. The van der Waals surface area contributed by atoms with Crippen LogP contribution < -0.4 is 0 Å². The number of esters is 1. The van der Waals surface area contributed by atoms with Crippen molar-refractivity contribution in [1.82, 2.24) is 0 Å². The maximum absolute atomic E-state index is 14.0. The van der Waals surface area contributed by atoms with E-state index in [-0.39, 0.29) is 21.8 Å². The molecule has 0 amide bonds. The summed E-state index contributed by atoms with van der Waals surface area (Å²) in [5.74, 6) is -1.70. The zero-order valence-corrected chi connectivity index (χ0v) is 11.3. The molecule has 0 saturated carbocycles. The molecule has 0 aliphatic heterocycles. The molecule has 0 N–H and O–H groups in total. The second-order valence-electron chi connectivity index (χ2n) is 3.86. The number of hydrogen-bond acceptors (Lipinski definition) is 4. The number of halogens is 1. The number of rotatable bonds is 4. The predicted octanol–water partition coefficient (Wildman–Crippen LogP) is 2.10. The second-order valence-corrected chi connectivity index (χ2v) is 5.94. The Hall–Kier alpha value is -1.43. The SMILES string of the molecule is CCCS(=O)(=O)c1ccc(C(=O)OC)c(C)c1F. The van der Waals surface area contributed by atoms with E-state index in [4.69, 9.17) is 0 Å². The van der Waals surface area contributed by atoms with E-state index in [1.807, 2.05) is 0 Å². The molecule has 0 aromatic heterocycles. The Labute approximate surface area is 106 Å². The number of hydrogen-bond donors (Lipinski definition) is 0. The van der Waals surface area contributed by atoms with Gasteiger partial charge in [-0.1, -0.05) is 6.92 Å². The van der Waals surface area contributed by atoms with Gasteiger partial charge in [-0.05, 0) is 25.5 Å². The largest absolute Gasteiger partial charge is 0.465 e. The van der Waals surface area contributed by atoms with Crippen molar-refractivity contribution >= 4 is 15.8 Å². The molecule has 0 bridgehead atoms. The van der Waals surface area contributed by atoms with Gasteiger partial charge < -0.3 is 4.74 Å². The van der Waals surface area contributed by atoms with Crippen molar-refractivity contribution in [2.75, 3.05) is 12.9 Å². The molecule has 6 heteroatoms. The van der Waals surface area contributed by atoms with Crippen LogP contribution in [0.4, 0.5) is 4.39 Å². The third-order valence-electron chi connectivity index (χ3n) is 2.56. The topological polar surface area (TPSA) is 60.4 Å². The summed E-state index contributed by atoms with van der Waals surface area (Å²) in [7, 11) is -2.46. The monoisotopic (exact) mass is 274 g/mol. The van der Waals surface area contributed by atoms with E-state index in [2.05, 4.69) is 4.74 Å². The molecule has 0 aliphatic carbocycles. The molecule has 0 aliphatic rings. The van der Waals surface area contributed by atoms with Crippen molar-refractivity contribution in [2.45, 2.75) is 25.2 Å². The second kappa shape index (κ2) is 5.48. The third kappa shape index (κ3) is 2.69. The zero-order chi connectivity index (χ0) is 13.9. The molecular formula is C12H15FO4S. The first-order valence-corrected chi connectivity index (χ1v) is 7.10. The first kappa shape index (κ1) is 14.6. The lowest BCUT2D eigenvalue weighted by molar-refractivity contribution is 0.0599. The predicted molar refractivity (Wildman–Crippen MR) is 64.8 cm³/mol. The van der Waals surface area contributed by atoms with E-state index < -0.39 is 21.6 Å². The molecule has 18 heavy (non-hydrogen) atoms. The van der Waals surface area contributed by atoms with Gasteiger partial charge in [-0.2, -0.15) is 0 Å². The summed E-state index contributed by atoms with van der Waals surface area (Å²) in [5.41, 5.74) is 0.0180. The minimum Gasteiger partial charge on any atom is -0.465 e. The molecule has 0 saturated heterocycles. The lowest BCUT2D eigenvalue weighted by atomic mass is 10.1. The molecule has 0 fully saturated rings. The van der Waals surface area contributed by atoms with Crippen LogP contribution in [0.15, 0.2) is 17.0 Å². The number of sulfone groups is 1. The van der Waals surface area contributed by atoms with Gasteiger partial charge >= 0.3 is 5.97 Å². The standard InChI is InChI=1S/C12H15FO4S/c1-4-7-18(15,16)10-6-5-9(12(14)17-3)8(2)11(10)13/h5-6H,4,7H2,1-3H3. The number of carbonyl (C=O) groups is 1. The minimum atomic E-state index is -3.64. The van der Waals surface area contributed by atoms with Crippen LogP contribution in [0.3, 0.4) is 0 Å². The molecule has 0 radical (unpaired) electrons. The summed E-state index contributed by atoms with van der Waals surface area (Å²) in [4.78, 5) is 11.0. The molecule has 0 spiro atoms. The molecule has 0 heterocycles.